The first kappa shape index (κ1) is 41.5. The van der Waals surface area contributed by atoms with Crippen LogP contribution in [0.2, 0.25) is 0 Å². The minimum Gasteiger partial charge on any atom is -0.465 e. The third kappa shape index (κ3) is 7.54. The van der Waals surface area contributed by atoms with Gasteiger partial charge in [-0.3, -0.25) is 19.2 Å². The number of hydrogen-bond acceptors (Lipinski definition) is 8. The molecular weight excluding hydrogens is 693 g/mol. The van der Waals surface area contributed by atoms with Crippen molar-refractivity contribution < 1.29 is 38.1 Å². The van der Waals surface area contributed by atoms with Crippen LogP contribution < -0.4 is 0 Å². The van der Waals surface area contributed by atoms with Crippen LogP contribution in [-0.2, 0) is 38.1 Å². The van der Waals surface area contributed by atoms with Crippen molar-refractivity contribution in [1.29, 1.82) is 0 Å². The molecule has 0 aliphatic heterocycles. The zero-order chi connectivity index (χ0) is 40.2. The Balaban J connectivity index is 0.998. The van der Waals surface area contributed by atoms with Gasteiger partial charge >= 0.3 is 23.9 Å². The summed E-state index contributed by atoms with van der Waals surface area (Å²) in [4.78, 5) is 54.7. The molecule has 0 heterocycles. The Morgan fingerprint density at radius 1 is 0.655 bits per heavy atom. The van der Waals surface area contributed by atoms with Gasteiger partial charge in [0.1, 0.15) is 12.2 Å². The Labute approximate surface area is 330 Å². The zero-order valence-corrected chi connectivity index (χ0v) is 35.4. The highest BCUT2D eigenvalue weighted by molar-refractivity contribution is 5.81. The second-order valence-corrected chi connectivity index (χ2v) is 20.7. The summed E-state index contributed by atoms with van der Waals surface area (Å²) in [6.45, 7) is 21.4. The molecule has 0 spiro atoms. The molecule has 4 saturated carbocycles. The fraction of sp³-hybridized carbons (Fsp3) is 0.745. The van der Waals surface area contributed by atoms with E-state index in [-0.39, 0.29) is 83.8 Å². The summed E-state index contributed by atoms with van der Waals surface area (Å²) in [6, 6.07) is 0. The molecule has 55 heavy (non-hydrogen) atoms. The molecule has 8 unspecified atom stereocenters. The van der Waals surface area contributed by atoms with Gasteiger partial charge in [-0.15, -0.1) is 0 Å². The number of hydrogen-bond donors (Lipinski definition) is 0. The van der Waals surface area contributed by atoms with Crippen molar-refractivity contribution in [3.63, 3.8) is 0 Å². The number of fused-ring (bicyclic) bond motifs is 4. The van der Waals surface area contributed by atoms with Crippen molar-refractivity contribution >= 4 is 23.9 Å². The summed E-state index contributed by atoms with van der Waals surface area (Å²) < 4.78 is 24.1. The van der Waals surface area contributed by atoms with Crippen LogP contribution in [0.3, 0.4) is 0 Å². The Kier molecular flexibility index (Phi) is 11.3. The smallest absolute Gasteiger partial charge is 0.313 e. The molecule has 0 saturated heterocycles. The second kappa shape index (κ2) is 15.0. The van der Waals surface area contributed by atoms with Crippen molar-refractivity contribution in [2.24, 2.45) is 56.2 Å². The van der Waals surface area contributed by atoms with Crippen molar-refractivity contribution in [2.45, 2.75) is 152 Å². The molecule has 304 valence electrons. The molecule has 0 aromatic heterocycles. The quantitative estimate of drug-likeness (QED) is 0.0870. The van der Waals surface area contributed by atoms with Crippen LogP contribution in [0.5, 0.6) is 0 Å². The molecule has 0 aromatic carbocycles. The van der Waals surface area contributed by atoms with Gasteiger partial charge in [-0.05, 0) is 115 Å². The van der Waals surface area contributed by atoms with E-state index in [1.54, 1.807) is 0 Å². The van der Waals surface area contributed by atoms with Gasteiger partial charge < -0.3 is 18.9 Å². The topological polar surface area (TPSA) is 105 Å². The highest BCUT2D eigenvalue weighted by Crippen LogP contribution is 2.67. The minimum absolute atomic E-state index is 0.0406. The van der Waals surface area contributed by atoms with E-state index in [0.717, 1.165) is 36.8 Å². The molecule has 4 fully saturated rings. The molecular formula is C47H68O8. The Bertz CT molecular complexity index is 1540. The first-order valence-corrected chi connectivity index (χ1v) is 21.1. The zero-order valence-electron chi connectivity index (χ0n) is 35.4. The van der Waals surface area contributed by atoms with Crippen molar-refractivity contribution in [2.75, 3.05) is 13.2 Å². The highest BCUT2D eigenvalue weighted by Gasteiger charge is 2.64. The lowest BCUT2D eigenvalue weighted by Gasteiger charge is -2.39. The molecule has 0 N–H and O–H groups in total. The first-order valence-electron chi connectivity index (χ1n) is 21.1. The first-order chi connectivity index (χ1) is 25.6. The SMILES string of the molecule is CC(C)(CC(C(=O)OCCCOC(=O)C(CC(C)(C)C(=O)OC1CC2CCC1(C)C2(C)C)C1=CC=CC1)C1=CC=CC1)C(=O)OC1CC2CCC1(C)C2(C)C. The average molecular weight is 761 g/mol. The Morgan fingerprint density at radius 2 is 1.04 bits per heavy atom. The van der Waals surface area contributed by atoms with Crippen LogP contribution in [0, 0.1) is 56.2 Å². The van der Waals surface area contributed by atoms with E-state index in [0.29, 0.717) is 31.1 Å². The fourth-order valence-corrected chi connectivity index (χ4v) is 11.2. The van der Waals surface area contributed by atoms with Gasteiger partial charge in [0, 0.05) is 17.3 Å². The molecule has 6 aliphatic rings. The number of carbonyl (C=O) groups excluding carboxylic acids is 4. The summed E-state index contributed by atoms with van der Waals surface area (Å²) in [6.07, 6.45) is 20.0. The van der Waals surface area contributed by atoms with E-state index in [4.69, 9.17) is 18.9 Å². The maximum atomic E-state index is 13.7. The van der Waals surface area contributed by atoms with Gasteiger partial charge in [-0.1, -0.05) is 89.1 Å². The fourth-order valence-electron chi connectivity index (χ4n) is 11.2. The lowest BCUT2D eigenvalue weighted by atomic mass is 9.70. The molecule has 0 amide bonds. The number of allylic oxidation sites excluding steroid dienone is 6. The lowest BCUT2D eigenvalue weighted by Crippen LogP contribution is -2.42. The predicted octanol–water partition coefficient (Wildman–Crippen LogP) is 9.82. The van der Waals surface area contributed by atoms with Crippen LogP contribution in [0.1, 0.15) is 140 Å². The molecule has 8 nitrogen and oxygen atoms in total. The van der Waals surface area contributed by atoms with E-state index in [1.807, 2.05) is 64.2 Å². The van der Waals surface area contributed by atoms with Gasteiger partial charge in [0.05, 0.1) is 35.9 Å². The summed E-state index contributed by atoms with van der Waals surface area (Å²) in [7, 11) is 0. The van der Waals surface area contributed by atoms with Crippen molar-refractivity contribution in [1.82, 2.24) is 0 Å². The minimum atomic E-state index is -0.894. The molecule has 4 bridgehead atoms. The maximum absolute atomic E-state index is 13.7. The maximum Gasteiger partial charge on any atom is 0.313 e. The van der Waals surface area contributed by atoms with E-state index >= 15 is 0 Å². The van der Waals surface area contributed by atoms with Crippen molar-refractivity contribution in [3.05, 3.63) is 47.6 Å². The van der Waals surface area contributed by atoms with E-state index in [2.05, 4.69) is 41.5 Å². The van der Waals surface area contributed by atoms with E-state index in [9.17, 15) is 19.2 Å². The molecule has 0 aromatic rings. The van der Waals surface area contributed by atoms with Crippen LogP contribution in [0.15, 0.2) is 47.6 Å². The standard InChI is InChI=1S/C47H68O8/c1-42(2,40(50)54-36-26-32-20-22-46(36,9)44(32,5)6)28-34(30-16-11-12-17-30)38(48)52-24-15-25-53-39(49)35(31-18-13-14-19-31)29-43(3,4)41(51)55-37-27-33-21-23-47(37,10)45(33,7)8/h11-14,16,18,32-37H,15,17,19-29H2,1-10H3. The third-order valence-corrected chi connectivity index (χ3v) is 16.3. The predicted molar refractivity (Wildman–Crippen MR) is 212 cm³/mol. The largest absolute Gasteiger partial charge is 0.465 e. The number of ether oxygens (including phenoxy) is 4. The van der Waals surface area contributed by atoms with Crippen LogP contribution >= 0.6 is 0 Å². The third-order valence-electron chi connectivity index (χ3n) is 16.3. The molecule has 8 atom stereocenters. The molecule has 0 radical (unpaired) electrons. The van der Waals surface area contributed by atoms with Gasteiger partial charge in [0.15, 0.2) is 0 Å². The van der Waals surface area contributed by atoms with Gasteiger partial charge in [0.25, 0.3) is 0 Å². The number of rotatable bonds is 16. The summed E-state index contributed by atoms with van der Waals surface area (Å²) in [5.74, 6) is -1.36. The van der Waals surface area contributed by atoms with Crippen LogP contribution in [0.25, 0.3) is 0 Å². The van der Waals surface area contributed by atoms with Gasteiger partial charge in [-0.2, -0.15) is 0 Å². The van der Waals surface area contributed by atoms with Crippen LogP contribution in [0.4, 0.5) is 0 Å². The number of esters is 4. The molecule has 8 heteroatoms. The Hall–Kier alpha value is -3.16. The van der Waals surface area contributed by atoms with E-state index < -0.39 is 22.7 Å². The average Bonchev–Trinajstić information content (AvgIpc) is 3.96. The highest BCUT2D eigenvalue weighted by atomic mass is 16.6. The monoisotopic (exact) mass is 760 g/mol. The van der Waals surface area contributed by atoms with Crippen LogP contribution in [-0.4, -0.2) is 49.3 Å². The Morgan fingerprint density at radius 3 is 1.33 bits per heavy atom. The normalized spacial score (nSPS) is 32.3. The molecule has 6 rings (SSSR count). The van der Waals surface area contributed by atoms with E-state index in [1.165, 1.54) is 12.8 Å². The van der Waals surface area contributed by atoms with Gasteiger partial charge in [-0.25, -0.2) is 0 Å². The summed E-state index contributed by atoms with van der Waals surface area (Å²) in [5.41, 5.74) is 0.235. The van der Waals surface area contributed by atoms with Gasteiger partial charge in [0.2, 0.25) is 0 Å². The molecule has 6 aliphatic carbocycles. The summed E-state index contributed by atoms with van der Waals surface area (Å²) >= 11 is 0. The number of carbonyl (C=O) groups is 4. The second-order valence-electron chi connectivity index (χ2n) is 20.7. The van der Waals surface area contributed by atoms with Crippen molar-refractivity contribution in [3.8, 4) is 0 Å². The lowest BCUT2D eigenvalue weighted by molar-refractivity contribution is -0.170. The summed E-state index contributed by atoms with van der Waals surface area (Å²) in [5, 5.41) is 0.